The number of nitrogens with zero attached hydrogens (tertiary/aromatic N) is 2. The average molecular weight is 348 g/mol. The van der Waals surface area contributed by atoms with E-state index < -0.39 is 0 Å². The first-order valence-corrected chi connectivity index (χ1v) is 8.24. The van der Waals surface area contributed by atoms with Gasteiger partial charge in [-0.1, -0.05) is 6.07 Å². The zero-order chi connectivity index (χ0) is 18.2. The maximum Gasteiger partial charge on any atom is 0.214 e. The van der Waals surface area contributed by atoms with Crippen molar-refractivity contribution in [3.63, 3.8) is 0 Å². The summed E-state index contributed by atoms with van der Waals surface area (Å²) < 4.78 is 24.2. The molecule has 0 bridgehead atoms. The van der Waals surface area contributed by atoms with Crippen LogP contribution in [0, 0.1) is 19.7 Å². The molecule has 2 aromatic rings. The monoisotopic (exact) mass is 348 g/mol. The summed E-state index contributed by atoms with van der Waals surface area (Å²) in [5.74, 6) is 1.81. The van der Waals surface area contributed by atoms with Crippen molar-refractivity contribution in [2.24, 2.45) is 4.99 Å². The van der Waals surface area contributed by atoms with Gasteiger partial charge in [0.2, 0.25) is 5.89 Å². The van der Waals surface area contributed by atoms with Gasteiger partial charge in [0.05, 0.1) is 25.4 Å². The summed E-state index contributed by atoms with van der Waals surface area (Å²) in [5, 5.41) is 6.35. The first-order chi connectivity index (χ1) is 12.0. The molecule has 7 heteroatoms. The second-order valence-corrected chi connectivity index (χ2v) is 5.66. The van der Waals surface area contributed by atoms with Crippen molar-refractivity contribution in [2.45, 2.75) is 40.5 Å². The Balaban J connectivity index is 2.02. The molecule has 1 aromatic heterocycles. The van der Waals surface area contributed by atoms with Gasteiger partial charge in [0.25, 0.3) is 0 Å². The number of halogens is 1. The van der Waals surface area contributed by atoms with E-state index in [2.05, 4.69) is 20.6 Å². The molecule has 0 atom stereocenters. The fourth-order valence-electron chi connectivity index (χ4n) is 2.28. The molecule has 0 fully saturated rings. The number of nitrogens with one attached hydrogen (secondary N) is 2. The molecule has 2 N–H and O–H groups in total. The second-order valence-electron chi connectivity index (χ2n) is 5.66. The van der Waals surface area contributed by atoms with Crippen molar-refractivity contribution in [3.8, 4) is 0 Å². The van der Waals surface area contributed by atoms with Crippen LogP contribution in [0.4, 0.5) is 4.39 Å². The second kappa shape index (κ2) is 9.17. The summed E-state index contributed by atoms with van der Waals surface area (Å²) in [6.07, 6.45) is 0. The molecular formula is C18H25FN4O2. The molecule has 136 valence electrons. The van der Waals surface area contributed by atoms with Gasteiger partial charge in [-0.2, -0.15) is 0 Å². The SMILES string of the molecule is CCNC(=NCc1ccc(F)c(COC)c1)NCc1nc(C)c(C)o1. The van der Waals surface area contributed by atoms with Crippen LogP contribution in [0.3, 0.4) is 0 Å². The van der Waals surface area contributed by atoms with Crippen LogP contribution in [0.5, 0.6) is 0 Å². The van der Waals surface area contributed by atoms with E-state index >= 15 is 0 Å². The number of aryl methyl sites for hydroxylation is 2. The molecular weight excluding hydrogens is 323 g/mol. The van der Waals surface area contributed by atoms with E-state index in [0.29, 0.717) is 30.5 Å². The number of hydrogen-bond donors (Lipinski definition) is 2. The van der Waals surface area contributed by atoms with Crippen LogP contribution in [0.2, 0.25) is 0 Å². The lowest BCUT2D eigenvalue weighted by Gasteiger charge is -2.10. The van der Waals surface area contributed by atoms with Crippen molar-refractivity contribution < 1.29 is 13.5 Å². The van der Waals surface area contributed by atoms with E-state index in [-0.39, 0.29) is 12.4 Å². The van der Waals surface area contributed by atoms with Crippen LogP contribution in [-0.2, 0) is 24.4 Å². The topological polar surface area (TPSA) is 71.7 Å². The van der Waals surface area contributed by atoms with Gasteiger partial charge in [0.1, 0.15) is 11.6 Å². The number of guanidine groups is 1. The van der Waals surface area contributed by atoms with Gasteiger partial charge in [-0.05, 0) is 38.5 Å². The molecule has 0 aliphatic heterocycles. The van der Waals surface area contributed by atoms with Crippen LogP contribution >= 0.6 is 0 Å². The average Bonchev–Trinajstić information content (AvgIpc) is 2.91. The van der Waals surface area contributed by atoms with E-state index in [1.165, 1.54) is 6.07 Å². The number of aliphatic imine (C=N–C) groups is 1. The lowest BCUT2D eigenvalue weighted by atomic mass is 10.1. The molecule has 25 heavy (non-hydrogen) atoms. The molecule has 0 saturated carbocycles. The summed E-state index contributed by atoms with van der Waals surface area (Å²) in [7, 11) is 1.55. The molecule has 0 saturated heterocycles. The van der Waals surface area contributed by atoms with Gasteiger partial charge < -0.3 is 19.8 Å². The zero-order valence-electron chi connectivity index (χ0n) is 15.1. The summed E-state index contributed by atoms with van der Waals surface area (Å²) in [6.45, 7) is 7.63. The molecule has 6 nitrogen and oxygen atoms in total. The Kier molecular flexibility index (Phi) is 6.94. The summed E-state index contributed by atoms with van der Waals surface area (Å²) in [5.41, 5.74) is 2.32. The van der Waals surface area contributed by atoms with Crippen molar-refractivity contribution in [1.82, 2.24) is 15.6 Å². The predicted octanol–water partition coefficient (Wildman–Crippen LogP) is 2.83. The Bertz CT molecular complexity index is 708. The number of aromatic nitrogens is 1. The predicted molar refractivity (Wildman–Crippen MR) is 94.7 cm³/mol. The molecule has 1 heterocycles. The normalized spacial score (nSPS) is 11.6. The van der Waals surface area contributed by atoms with Crippen molar-refractivity contribution in [1.29, 1.82) is 0 Å². The van der Waals surface area contributed by atoms with E-state index in [1.807, 2.05) is 20.8 Å². The van der Waals surface area contributed by atoms with Gasteiger partial charge in [-0.25, -0.2) is 14.4 Å². The van der Waals surface area contributed by atoms with Crippen molar-refractivity contribution in [2.75, 3.05) is 13.7 Å². The van der Waals surface area contributed by atoms with E-state index in [4.69, 9.17) is 9.15 Å². The van der Waals surface area contributed by atoms with Crippen LogP contribution in [0.15, 0.2) is 27.6 Å². The number of benzene rings is 1. The standard InChI is InChI=1S/C18H25FN4O2/c1-5-20-18(22-10-17-23-12(2)13(3)25-17)21-9-14-6-7-16(19)15(8-14)11-24-4/h6-8H,5,9-11H2,1-4H3,(H2,20,21,22). The van der Waals surface area contributed by atoms with Crippen molar-refractivity contribution >= 4 is 5.96 Å². The number of methoxy groups -OCH3 is 1. The molecule has 2 rings (SSSR count). The number of hydrogen-bond acceptors (Lipinski definition) is 4. The number of ether oxygens (including phenoxy) is 1. The molecule has 1 aromatic carbocycles. The van der Waals surface area contributed by atoms with Crippen molar-refractivity contribution in [3.05, 3.63) is 52.5 Å². The van der Waals surface area contributed by atoms with Crippen LogP contribution < -0.4 is 10.6 Å². The fraction of sp³-hybridized carbons (Fsp3) is 0.444. The first kappa shape index (κ1) is 18.9. The van der Waals surface area contributed by atoms with Gasteiger partial charge in [-0.3, -0.25) is 0 Å². The highest BCUT2D eigenvalue weighted by Crippen LogP contribution is 2.12. The van der Waals surface area contributed by atoms with E-state index in [0.717, 1.165) is 23.6 Å². The Labute approximate surface area is 147 Å². The Morgan fingerprint density at radius 3 is 2.76 bits per heavy atom. The van der Waals surface area contributed by atoms with E-state index in [9.17, 15) is 4.39 Å². The summed E-state index contributed by atoms with van der Waals surface area (Å²) in [6, 6.07) is 4.94. The van der Waals surface area contributed by atoms with Gasteiger partial charge in [0, 0.05) is 19.2 Å². The lowest BCUT2D eigenvalue weighted by molar-refractivity contribution is 0.181. The van der Waals surface area contributed by atoms with Gasteiger partial charge in [0.15, 0.2) is 5.96 Å². The minimum absolute atomic E-state index is 0.241. The highest BCUT2D eigenvalue weighted by atomic mass is 19.1. The van der Waals surface area contributed by atoms with Gasteiger partial charge >= 0.3 is 0 Å². The number of oxazole rings is 1. The quantitative estimate of drug-likeness (QED) is 0.595. The molecule has 0 amide bonds. The minimum atomic E-state index is -0.269. The fourth-order valence-corrected chi connectivity index (χ4v) is 2.28. The van der Waals surface area contributed by atoms with Crippen LogP contribution in [-0.4, -0.2) is 24.6 Å². The highest BCUT2D eigenvalue weighted by Gasteiger charge is 2.07. The third-order valence-corrected chi connectivity index (χ3v) is 3.65. The Hall–Kier alpha value is -2.41. The molecule has 0 unspecified atom stereocenters. The summed E-state index contributed by atoms with van der Waals surface area (Å²) >= 11 is 0. The van der Waals surface area contributed by atoms with E-state index in [1.54, 1.807) is 19.2 Å². The minimum Gasteiger partial charge on any atom is -0.444 e. The molecule has 0 aliphatic carbocycles. The van der Waals surface area contributed by atoms with Crippen LogP contribution in [0.1, 0.15) is 35.4 Å². The third-order valence-electron chi connectivity index (χ3n) is 3.65. The van der Waals surface area contributed by atoms with Gasteiger partial charge in [-0.15, -0.1) is 0 Å². The number of rotatable bonds is 7. The first-order valence-electron chi connectivity index (χ1n) is 8.24. The third kappa shape index (κ3) is 5.56. The smallest absolute Gasteiger partial charge is 0.214 e. The maximum atomic E-state index is 13.7. The Morgan fingerprint density at radius 2 is 2.12 bits per heavy atom. The zero-order valence-corrected chi connectivity index (χ0v) is 15.1. The Morgan fingerprint density at radius 1 is 1.32 bits per heavy atom. The largest absolute Gasteiger partial charge is 0.444 e. The molecule has 0 radical (unpaired) electrons. The highest BCUT2D eigenvalue weighted by molar-refractivity contribution is 5.79. The van der Waals surface area contributed by atoms with Crippen LogP contribution in [0.25, 0.3) is 0 Å². The molecule has 0 spiro atoms. The maximum absolute atomic E-state index is 13.7. The molecule has 0 aliphatic rings. The summed E-state index contributed by atoms with van der Waals surface area (Å²) in [4.78, 5) is 8.86. The lowest BCUT2D eigenvalue weighted by Crippen LogP contribution is -2.36.